The fourth-order valence-corrected chi connectivity index (χ4v) is 1.10. The molecule has 0 aromatic carbocycles. The maximum absolute atomic E-state index is 11.4. The van der Waals surface area contributed by atoms with E-state index in [0.29, 0.717) is 0 Å². The van der Waals surface area contributed by atoms with Crippen molar-refractivity contribution < 1.29 is 0 Å². The molecule has 1 aromatic rings. The lowest BCUT2D eigenvalue weighted by Gasteiger charge is -2.25. The molecule has 0 bridgehead atoms. The van der Waals surface area contributed by atoms with Gasteiger partial charge in [0.2, 0.25) is 0 Å². The number of nitrogens with zero attached hydrogens (tertiary/aromatic N) is 1. The Morgan fingerprint density at radius 2 is 1.86 bits per heavy atom. The molecule has 0 aliphatic heterocycles. The van der Waals surface area contributed by atoms with Gasteiger partial charge in [-0.3, -0.25) is 4.79 Å². The summed E-state index contributed by atoms with van der Waals surface area (Å²) >= 11 is 0. The number of rotatable bonds is 2. The summed E-state index contributed by atoms with van der Waals surface area (Å²) in [5, 5.41) is 0. The first-order valence-corrected chi connectivity index (χ1v) is 5.26. The largest absolute Gasteiger partial charge is 0.310 e. The van der Waals surface area contributed by atoms with E-state index in [0.717, 1.165) is 6.42 Å². The van der Waals surface area contributed by atoms with E-state index in [2.05, 4.69) is 20.8 Å². The first kappa shape index (κ1) is 12.9. The molecule has 0 aliphatic carbocycles. The van der Waals surface area contributed by atoms with Crippen LogP contribution < -0.4 is 5.56 Å². The van der Waals surface area contributed by atoms with Gasteiger partial charge in [0.25, 0.3) is 5.56 Å². The Morgan fingerprint density at radius 3 is 2.29 bits per heavy atom. The van der Waals surface area contributed by atoms with Crippen molar-refractivity contribution in [3.05, 3.63) is 34.7 Å². The van der Waals surface area contributed by atoms with E-state index in [-0.39, 0.29) is 11.1 Å². The number of pyridine rings is 1. The van der Waals surface area contributed by atoms with E-state index in [1.54, 1.807) is 16.7 Å². The number of hydrogen-bond donors (Lipinski definition) is 0. The molecule has 0 N–H and O–H groups in total. The monoisotopic (exact) mass is 195 g/mol. The SMILES string of the molecule is CC.CCC(C)(C)n1ccccc1=O. The molecule has 80 valence electrons. The van der Waals surface area contributed by atoms with Crippen molar-refractivity contribution in [2.75, 3.05) is 0 Å². The van der Waals surface area contributed by atoms with Gasteiger partial charge in [-0.1, -0.05) is 26.8 Å². The van der Waals surface area contributed by atoms with Crippen LogP contribution in [0.3, 0.4) is 0 Å². The third kappa shape index (κ3) is 3.02. The van der Waals surface area contributed by atoms with E-state index in [1.165, 1.54) is 0 Å². The molecule has 2 heteroatoms. The van der Waals surface area contributed by atoms with E-state index in [9.17, 15) is 4.79 Å². The molecular formula is C12H21NO. The van der Waals surface area contributed by atoms with Gasteiger partial charge in [-0.2, -0.15) is 0 Å². The minimum atomic E-state index is -0.0711. The molecule has 0 spiro atoms. The predicted molar refractivity (Wildman–Crippen MR) is 61.7 cm³/mol. The molecule has 14 heavy (non-hydrogen) atoms. The smallest absolute Gasteiger partial charge is 0.250 e. The molecule has 0 unspecified atom stereocenters. The zero-order valence-electron chi connectivity index (χ0n) is 9.87. The average Bonchev–Trinajstić information content (AvgIpc) is 2.21. The topological polar surface area (TPSA) is 22.0 Å². The Balaban J connectivity index is 0.000000791. The van der Waals surface area contributed by atoms with E-state index >= 15 is 0 Å². The van der Waals surface area contributed by atoms with Gasteiger partial charge in [0.1, 0.15) is 0 Å². The first-order chi connectivity index (χ1) is 6.58. The fraction of sp³-hybridized carbons (Fsp3) is 0.583. The Bertz CT molecular complexity index is 312. The van der Waals surface area contributed by atoms with Gasteiger partial charge in [-0.05, 0) is 26.3 Å². The quantitative estimate of drug-likeness (QED) is 0.711. The standard InChI is InChI=1S/C10H15NO.C2H6/c1-4-10(2,3)11-8-6-5-7-9(11)12;1-2/h5-8H,4H2,1-3H3;1-2H3. The summed E-state index contributed by atoms with van der Waals surface area (Å²) in [4.78, 5) is 11.4. The van der Waals surface area contributed by atoms with Crippen molar-refractivity contribution in [1.82, 2.24) is 4.57 Å². The van der Waals surface area contributed by atoms with E-state index in [1.807, 2.05) is 26.1 Å². The lowest BCUT2D eigenvalue weighted by Crippen LogP contribution is -2.34. The molecular weight excluding hydrogens is 174 g/mol. The highest BCUT2D eigenvalue weighted by atomic mass is 16.1. The van der Waals surface area contributed by atoms with Gasteiger partial charge in [0.15, 0.2) is 0 Å². The summed E-state index contributed by atoms with van der Waals surface area (Å²) in [7, 11) is 0. The molecule has 2 nitrogen and oxygen atoms in total. The second-order valence-corrected chi connectivity index (χ2v) is 3.57. The fourth-order valence-electron chi connectivity index (χ4n) is 1.10. The van der Waals surface area contributed by atoms with Gasteiger partial charge in [-0.15, -0.1) is 0 Å². The predicted octanol–water partition coefficient (Wildman–Crippen LogP) is 3.02. The molecule has 0 radical (unpaired) electrons. The number of hydrogen-bond acceptors (Lipinski definition) is 1. The maximum atomic E-state index is 11.4. The van der Waals surface area contributed by atoms with Crippen LogP contribution in [0.25, 0.3) is 0 Å². The van der Waals surface area contributed by atoms with Crippen LogP contribution in [0, 0.1) is 0 Å². The van der Waals surface area contributed by atoms with Crippen LogP contribution in [0.1, 0.15) is 41.0 Å². The summed E-state index contributed by atoms with van der Waals surface area (Å²) < 4.78 is 1.77. The van der Waals surface area contributed by atoms with Crippen molar-refractivity contribution in [3.63, 3.8) is 0 Å². The molecule has 0 saturated heterocycles. The third-order valence-corrected chi connectivity index (χ3v) is 2.34. The zero-order valence-corrected chi connectivity index (χ0v) is 9.87. The van der Waals surface area contributed by atoms with Crippen LogP contribution in [0.2, 0.25) is 0 Å². The second-order valence-electron chi connectivity index (χ2n) is 3.57. The van der Waals surface area contributed by atoms with Crippen molar-refractivity contribution in [2.45, 2.75) is 46.6 Å². The van der Waals surface area contributed by atoms with Crippen molar-refractivity contribution in [2.24, 2.45) is 0 Å². The van der Waals surface area contributed by atoms with E-state index < -0.39 is 0 Å². The Hall–Kier alpha value is -1.05. The molecule has 0 fully saturated rings. The lowest BCUT2D eigenvalue weighted by atomic mass is 10.0. The molecule has 0 saturated carbocycles. The molecule has 1 heterocycles. The van der Waals surface area contributed by atoms with E-state index in [4.69, 9.17) is 0 Å². The van der Waals surface area contributed by atoms with Crippen LogP contribution in [0.5, 0.6) is 0 Å². The lowest BCUT2D eigenvalue weighted by molar-refractivity contribution is 0.332. The van der Waals surface area contributed by atoms with Gasteiger partial charge in [0, 0.05) is 17.8 Å². The summed E-state index contributed by atoms with van der Waals surface area (Å²) in [5.41, 5.74) is 0.00238. The minimum absolute atomic E-state index is 0.0711. The minimum Gasteiger partial charge on any atom is -0.310 e. The summed E-state index contributed by atoms with van der Waals surface area (Å²) in [6.45, 7) is 10.2. The van der Waals surface area contributed by atoms with Crippen LogP contribution >= 0.6 is 0 Å². The summed E-state index contributed by atoms with van der Waals surface area (Å²) in [6.07, 6.45) is 2.79. The normalized spacial score (nSPS) is 10.4. The molecule has 1 aromatic heterocycles. The van der Waals surface area contributed by atoms with Gasteiger partial charge >= 0.3 is 0 Å². The highest BCUT2D eigenvalue weighted by Gasteiger charge is 2.17. The van der Waals surface area contributed by atoms with Crippen molar-refractivity contribution in [3.8, 4) is 0 Å². The molecule has 1 rings (SSSR count). The van der Waals surface area contributed by atoms with Crippen LogP contribution in [-0.4, -0.2) is 4.57 Å². The summed E-state index contributed by atoms with van der Waals surface area (Å²) in [5.74, 6) is 0. The number of aromatic nitrogens is 1. The maximum Gasteiger partial charge on any atom is 0.250 e. The Morgan fingerprint density at radius 1 is 1.29 bits per heavy atom. The van der Waals surface area contributed by atoms with Crippen molar-refractivity contribution in [1.29, 1.82) is 0 Å². The van der Waals surface area contributed by atoms with Crippen LogP contribution in [-0.2, 0) is 5.54 Å². The van der Waals surface area contributed by atoms with Gasteiger partial charge in [0.05, 0.1) is 0 Å². The molecule has 0 aliphatic rings. The zero-order chi connectivity index (χ0) is 11.2. The first-order valence-electron chi connectivity index (χ1n) is 5.26. The third-order valence-electron chi connectivity index (χ3n) is 2.34. The highest BCUT2D eigenvalue weighted by Crippen LogP contribution is 2.15. The van der Waals surface area contributed by atoms with Crippen molar-refractivity contribution >= 4 is 0 Å². The Labute approximate surface area is 86.6 Å². The van der Waals surface area contributed by atoms with Gasteiger partial charge < -0.3 is 4.57 Å². The second kappa shape index (κ2) is 5.63. The van der Waals surface area contributed by atoms with Gasteiger partial charge in [-0.25, -0.2) is 0 Å². The van der Waals surface area contributed by atoms with Crippen LogP contribution in [0.15, 0.2) is 29.2 Å². The van der Waals surface area contributed by atoms with Crippen LogP contribution in [0.4, 0.5) is 0 Å². The molecule has 0 atom stereocenters. The summed E-state index contributed by atoms with van der Waals surface area (Å²) in [6, 6.07) is 5.25. The average molecular weight is 195 g/mol. The molecule has 0 amide bonds. The highest BCUT2D eigenvalue weighted by molar-refractivity contribution is 4.97. The Kier molecular flexibility index (Phi) is 5.21.